The number of benzene rings is 1. The maximum Gasteiger partial charge on any atom is 0.0483 e. The van der Waals surface area contributed by atoms with Crippen molar-refractivity contribution in [1.29, 1.82) is 0 Å². The Kier molecular flexibility index (Phi) is 3.85. The van der Waals surface area contributed by atoms with Crippen molar-refractivity contribution in [3.8, 4) is 0 Å². The summed E-state index contributed by atoms with van der Waals surface area (Å²) in [6.07, 6.45) is 5.37. The van der Waals surface area contributed by atoms with Crippen LogP contribution in [-0.2, 0) is 13.0 Å². The summed E-state index contributed by atoms with van der Waals surface area (Å²) in [5.41, 5.74) is 8.78. The summed E-state index contributed by atoms with van der Waals surface area (Å²) in [7, 11) is 0. The number of fused-ring (bicyclic) bond motifs is 1. The first-order valence-electron chi connectivity index (χ1n) is 6.58. The van der Waals surface area contributed by atoms with Gasteiger partial charge in [-0.1, -0.05) is 26.0 Å². The molecule has 1 atom stereocenters. The second-order valence-corrected chi connectivity index (χ2v) is 4.73. The van der Waals surface area contributed by atoms with Crippen LogP contribution in [0.1, 0.15) is 32.3 Å². The van der Waals surface area contributed by atoms with Crippen LogP contribution in [0.3, 0.4) is 0 Å². The van der Waals surface area contributed by atoms with Gasteiger partial charge in [0.1, 0.15) is 0 Å². The molecule has 2 heteroatoms. The average molecular weight is 230 g/mol. The zero-order valence-corrected chi connectivity index (χ0v) is 10.8. The van der Waals surface area contributed by atoms with E-state index in [0.29, 0.717) is 0 Å². The van der Waals surface area contributed by atoms with E-state index in [9.17, 15) is 0 Å². The molecule has 1 aromatic carbocycles. The minimum atomic E-state index is 0.273. The van der Waals surface area contributed by atoms with Crippen molar-refractivity contribution in [2.75, 3.05) is 0 Å². The molecule has 0 aliphatic heterocycles. The predicted octanol–water partition coefficient (Wildman–Crippen LogP) is 3.33. The normalized spacial score (nSPS) is 13.1. The molecule has 1 aromatic heterocycles. The lowest BCUT2D eigenvalue weighted by atomic mass is 10.0. The minimum absolute atomic E-state index is 0.273. The summed E-state index contributed by atoms with van der Waals surface area (Å²) < 4.78 is 2.33. The summed E-state index contributed by atoms with van der Waals surface area (Å²) in [5.74, 6) is 0. The van der Waals surface area contributed by atoms with Crippen LogP contribution in [0.2, 0.25) is 0 Å². The van der Waals surface area contributed by atoms with Gasteiger partial charge in [0.2, 0.25) is 0 Å². The highest BCUT2D eigenvalue weighted by Gasteiger charge is 2.07. The molecule has 1 unspecified atom stereocenters. The van der Waals surface area contributed by atoms with E-state index in [1.165, 1.54) is 22.9 Å². The Morgan fingerprint density at radius 1 is 1.24 bits per heavy atom. The lowest BCUT2D eigenvalue weighted by Gasteiger charge is -2.10. The van der Waals surface area contributed by atoms with Crippen LogP contribution in [0.4, 0.5) is 0 Å². The number of hydrogen-bond donors (Lipinski definition) is 1. The van der Waals surface area contributed by atoms with Gasteiger partial charge in [0.05, 0.1) is 0 Å². The highest BCUT2D eigenvalue weighted by molar-refractivity contribution is 5.83. The zero-order chi connectivity index (χ0) is 12.3. The molecule has 0 saturated heterocycles. The van der Waals surface area contributed by atoms with Crippen LogP contribution in [-0.4, -0.2) is 10.6 Å². The average Bonchev–Trinajstić information content (AvgIpc) is 2.74. The number of aryl methyl sites for hydroxylation is 1. The van der Waals surface area contributed by atoms with Crippen LogP contribution in [0.15, 0.2) is 30.5 Å². The van der Waals surface area contributed by atoms with Gasteiger partial charge in [-0.05, 0) is 37.0 Å². The second kappa shape index (κ2) is 5.37. The first-order chi connectivity index (χ1) is 8.26. The number of rotatable bonds is 5. The van der Waals surface area contributed by atoms with Crippen molar-refractivity contribution < 1.29 is 0 Å². The summed E-state index contributed by atoms with van der Waals surface area (Å²) in [6, 6.07) is 9.05. The Morgan fingerprint density at radius 2 is 2.06 bits per heavy atom. The van der Waals surface area contributed by atoms with Crippen LogP contribution in [0.5, 0.6) is 0 Å². The monoisotopic (exact) mass is 230 g/mol. The number of nitrogens with zero attached hydrogens (tertiary/aromatic N) is 1. The number of nitrogens with two attached hydrogens (primary N) is 1. The third-order valence-corrected chi connectivity index (χ3v) is 3.37. The maximum absolute atomic E-state index is 6.05. The molecule has 1 heterocycles. The van der Waals surface area contributed by atoms with Gasteiger partial charge < -0.3 is 10.3 Å². The van der Waals surface area contributed by atoms with Gasteiger partial charge in [0, 0.05) is 29.7 Å². The summed E-state index contributed by atoms with van der Waals surface area (Å²) in [6.45, 7) is 5.45. The van der Waals surface area contributed by atoms with Crippen molar-refractivity contribution in [2.45, 2.75) is 45.7 Å². The largest absolute Gasteiger partial charge is 0.347 e. The van der Waals surface area contributed by atoms with Gasteiger partial charge in [-0.3, -0.25) is 0 Å². The van der Waals surface area contributed by atoms with Crippen LogP contribution < -0.4 is 5.73 Å². The van der Waals surface area contributed by atoms with Crippen molar-refractivity contribution >= 4 is 10.9 Å². The molecule has 17 heavy (non-hydrogen) atoms. The molecule has 0 fully saturated rings. The molecule has 0 aliphatic carbocycles. The van der Waals surface area contributed by atoms with Crippen LogP contribution in [0, 0.1) is 0 Å². The van der Waals surface area contributed by atoms with Gasteiger partial charge >= 0.3 is 0 Å². The second-order valence-electron chi connectivity index (χ2n) is 4.73. The Morgan fingerprint density at radius 3 is 2.76 bits per heavy atom. The predicted molar refractivity (Wildman–Crippen MR) is 74.2 cm³/mol. The topological polar surface area (TPSA) is 30.9 Å². The summed E-state index contributed by atoms with van der Waals surface area (Å²) in [5, 5.41) is 1.37. The SMILES string of the molecule is CCCn1ccc2c(CC(N)CC)cccc21. The molecule has 2 nitrogen and oxygen atoms in total. The van der Waals surface area contributed by atoms with Gasteiger partial charge in [-0.25, -0.2) is 0 Å². The molecule has 0 spiro atoms. The van der Waals surface area contributed by atoms with E-state index in [1.807, 2.05) is 0 Å². The van der Waals surface area contributed by atoms with E-state index < -0.39 is 0 Å². The third-order valence-electron chi connectivity index (χ3n) is 3.37. The highest BCUT2D eigenvalue weighted by Crippen LogP contribution is 2.22. The molecule has 0 radical (unpaired) electrons. The quantitative estimate of drug-likeness (QED) is 0.839. The Hall–Kier alpha value is -1.28. The molecule has 0 amide bonds. The lowest BCUT2D eigenvalue weighted by Crippen LogP contribution is -2.21. The van der Waals surface area contributed by atoms with E-state index in [1.54, 1.807) is 0 Å². The molecule has 0 bridgehead atoms. The standard InChI is InChI=1S/C15H22N2/c1-3-9-17-10-8-14-12(11-13(16)4-2)6-5-7-15(14)17/h5-8,10,13H,3-4,9,11,16H2,1-2H3. The molecular weight excluding hydrogens is 208 g/mol. The smallest absolute Gasteiger partial charge is 0.0483 e. The van der Waals surface area contributed by atoms with Crippen molar-refractivity contribution in [2.24, 2.45) is 5.73 Å². The van der Waals surface area contributed by atoms with Gasteiger partial charge in [0.15, 0.2) is 0 Å². The van der Waals surface area contributed by atoms with Crippen molar-refractivity contribution in [3.05, 3.63) is 36.0 Å². The molecular formula is C15H22N2. The molecule has 2 N–H and O–H groups in total. The highest BCUT2D eigenvalue weighted by atomic mass is 14.9. The van der Waals surface area contributed by atoms with Crippen LogP contribution >= 0.6 is 0 Å². The number of hydrogen-bond acceptors (Lipinski definition) is 1. The summed E-state index contributed by atoms with van der Waals surface area (Å²) >= 11 is 0. The zero-order valence-electron chi connectivity index (χ0n) is 10.8. The molecule has 2 aromatic rings. The van der Waals surface area contributed by atoms with Crippen molar-refractivity contribution in [1.82, 2.24) is 4.57 Å². The van der Waals surface area contributed by atoms with Crippen LogP contribution in [0.25, 0.3) is 10.9 Å². The minimum Gasteiger partial charge on any atom is -0.347 e. The van der Waals surface area contributed by atoms with Gasteiger partial charge in [-0.15, -0.1) is 0 Å². The first kappa shape index (κ1) is 12.2. The van der Waals surface area contributed by atoms with Crippen molar-refractivity contribution in [3.63, 3.8) is 0 Å². The van der Waals surface area contributed by atoms with E-state index in [4.69, 9.17) is 5.73 Å². The molecule has 2 rings (SSSR count). The molecule has 92 valence electrons. The maximum atomic E-state index is 6.05. The fourth-order valence-electron chi connectivity index (χ4n) is 2.33. The van der Waals surface area contributed by atoms with E-state index >= 15 is 0 Å². The molecule has 0 aliphatic rings. The van der Waals surface area contributed by atoms with Gasteiger partial charge in [0.25, 0.3) is 0 Å². The van der Waals surface area contributed by atoms with Gasteiger partial charge in [-0.2, -0.15) is 0 Å². The first-order valence-corrected chi connectivity index (χ1v) is 6.58. The van der Waals surface area contributed by atoms with E-state index in [2.05, 4.69) is 48.9 Å². The van der Waals surface area contributed by atoms with E-state index in [0.717, 1.165) is 19.4 Å². The Labute approximate surface area is 103 Å². The fraction of sp³-hybridized carbons (Fsp3) is 0.467. The van der Waals surface area contributed by atoms with E-state index in [-0.39, 0.29) is 6.04 Å². The lowest BCUT2D eigenvalue weighted by molar-refractivity contribution is 0.648. The summed E-state index contributed by atoms with van der Waals surface area (Å²) in [4.78, 5) is 0. The fourth-order valence-corrected chi connectivity index (χ4v) is 2.33. The Bertz CT molecular complexity index is 485. The third kappa shape index (κ3) is 2.52. The number of aromatic nitrogens is 1. The molecule has 0 saturated carbocycles. The Balaban J connectivity index is 2.37.